The van der Waals surface area contributed by atoms with E-state index in [-0.39, 0.29) is 5.41 Å². The molecule has 2 heteroatoms. The summed E-state index contributed by atoms with van der Waals surface area (Å²) in [6.45, 7) is 2.07. The van der Waals surface area contributed by atoms with Crippen molar-refractivity contribution in [3.05, 3.63) is 12.2 Å². The SMILES string of the molecule is CC/C=C/C1(CC(=O)O)CCC1. The number of allylic oxidation sites excluding steroid dienone is 2. The summed E-state index contributed by atoms with van der Waals surface area (Å²) in [7, 11) is 0. The fourth-order valence-electron chi connectivity index (χ4n) is 1.70. The quantitative estimate of drug-likeness (QED) is 0.655. The smallest absolute Gasteiger partial charge is 0.304 e. The molecule has 0 heterocycles. The molecule has 0 bridgehead atoms. The second kappa shape index (κ2) is 3.74. The van der Waals surface area contributed by atoms with Crippen LogP contribution in [0, 0.1) is 5.41 Å². The molecule has 0 unspecified atom stereocenters. The highest BCUT2D eigenvalue weighted by Crippen LogP contribution is 2.45. The van der Waals surface area contributed by atoms with E-state index in [9.17, 15) is 4.79 Å². The zero-order valence-corrected chi connectivity index (χ0v) is 7.55. The third-order valence-corrected chi connectivity index (χ3v) is 2.56. The fourth-order valence-corrected chi connectivity index (χ4v) is 1.70. The maximum atomic E-state index is 10.5. The summed E-state index contributed by atoms with van der Waals surface area (Å²) in [6, 6.07) is 0. The summed E-state index contributed by atoms with van der Waals surface area (Å²) in [5.74, 6) is -0.671. The molecule has 0 saturated heterocycles. The molecule has 12 heavy (non-hydrogen) atoms. The average Bonchev–Trinajstić information content (AvgIpc) is 1.94. The van der Waals surface area contributed by atoms with Crippen LogP contribution >= 0.6 is 0 Å². The van der Waals surface area contributed by atoms with Gasteiger partial charge in [0.05, 0.1) is 6.42 Å². The highest BCUT2D eigenvalue weighted by atomic mass is 16.4. The van der Waals surface area contributed by atoms with Crippen molar-refractivity contribution >= 4 is 5.97 Å². The van der Waals surface area contributed by atoms with Crippen molar-refractivity contribution in [2.24, 2.45) is 5.41 Å². The molecule has 0 aromatic carbocycles. The van der Waals surface area contributed by atoms with Crippen molar-refractivity contribution in [3.63, 3.8) is 0 Å². The number of hydrogen-bond acceptors (Lipinski definition) is 1. The third kappa shape index (κ3) is 2.10. The van der Waals surface area contributed by atoms with Crippen LogP contribution in [0.25, 0.3) is 0 Å². The number of carbonyl (C=O) groups is 1. The van der Waals surface area contributed by atoms with Crippen LogP contribution < -0.4 is 0 Å². The molecule has 0 aromatic rings. The molecular weight excluding hydrogens is 152 g/mol. The van der Waals surface area contributed by atoms with E-state index in [4.69, 9.17) is 5.11 Å². The van der Waals surface area contributed by atoms with Gasteiger partial charge in [-0.3, -0.25) is 4.79 Å². The summed E-state index contributed by atoms with van der Waals surface area (Å²) in [5, 5.41) is 8.68. The van der Waals surface area contributed by atoms with Gasteiger partial charge in [0, 0.05) is 0 Å². The van der Waals surface area contributed by atoms with E-state index in [0.29, 0.717) is 6.42 Å². The van der Waals surface area contributed by atoms with Gasteiger partial charge >= 0.3 is 5.97 Å². The van der Waals surface area contributed by atoms with E-state index < -0.39 is 5.97 Å². The first-order valence-electron chi connectivity index (χ1n) is 4.58. The summed E-state index contributed by atoms with van der Waals surface area (Å²) >= 11 is 0. The molecule has 0 aliphatic heterocycles. The molecule has 0 spiro atoms. The molecule has 1 rings (SSSR count). The number of carboxylic acid groups (broad SMARTS) is 1. The lowest BCUT2D eigenvalue weighted by molar-refractivity contribution is -0.140. The average molecular weight is 168 g/mol. The molecule has 0 amide bonds. The number of carboxylic acids is 1. The standard InChI is InChI=1S/C10H16O2/c1-2-3-5-10(6-4-7-10)8-9(11)12/h3,5H,2,4,6-8H2,1H3,(H,11,12)/b5-3+. The number of rotatable bonds is 4. The minimum atomic E-state index is -0.671. The molecule has 0 atom stereocenters. The van der Waals surface area contributed by atoms with Crippen LogP contribution in [0.5, 0.6) is 0 Å². The molecule has 1 aliphatic carbocycles. The van der Waals surface area contributed by atoms with Crippen LogP contribution in [-0.4, -0.2) is 11.1 Å². The molecule has 2 nitrogen and oxygen atoms in total. The Kier molecular flexibility index (Phi) is 2.90. The van der Waals surface area contributed by atoms with Crippen molar-refractivity contribution < 1.29 is 9.90 Å². The zero-order valence-electron chi connectivity index (χ0n) is 7.55. The lowest BCUT2D eigenvalue weighted by atomic mass is 9.66. The highest BCUT2D eigenvalue weighted by Gasteiger charge is 2.36. The highest BCUT2D eigenvalue weighted by molar-refractivity contribution is 5.68. The van der Waals surface area contributed by atoms with Gasteiger partial charge in [-0.25, -0.2) is 0 Å². The summed E-state index contributed by atoms with van der Waals surface area (Å²) in [6.07, 6.45) is 8.78. The van der Waals surface area contributed by atoms with Gasteiger partial charge in [-0.15, -0.1) is 0 Å². The van der Waals surface area contributed by atoms with E-state index in [1.807, 2.05) is 0 Å². The first-order valence-corrected chi connectivity index (χ1v) is 4.58. The summed E-state index contributed by atoms with van der Waals surface area (Å²) in [5.41, 5.74) is 0.0157. The minimum Gasteiger partial charge on any atom is -0.481 e. The van der Waals surface area contributed by atoms with Gasteiger partial charge in [0.15, 0.2) is 0 Å². The number of aliphatic carboxylic acids is 1. The van der Waals surface area contributed by atoms with Crippen LogP contribution in [-0.2, 0) is 4.79 Å². The Labute approximate surface area is 73.3 Å². The predicted octanol–water partition coefficient (Wildman–Crippen LogP) is 2.60. The van der Waals surface area contributed by atoms with Crippen LogP contribution in [0.1, 0.15) is 39.0 Å². The molecule has 0 radical (unpaired) electrons. The van der Waals surface area contributed by atoms with E-state index in [1.54, 1.807) is 0 Å². The normalized spacial score (nSPS) is 20.8. The van der Waals surface area contributed by atoms with Crippen LogP contribution in [0.4, 0.5) is 0 Å². The van der Waals surface area contributed by atoms with Crippen molar-refractivity contribution in [2.75, 3.05) is 0 Å². The molecule has 0 aromatic heterocycles. The Morgan fingerprint density at radius 2 is 2.25 bits per heavy atom. The molecular formula is C10H16O2. The fraction of sp³-hybridized carbons (Fsp3) is 0.700. The van der Waals surface area contributed by atoms with E-state index in [2.05, 4.69) is 19.1 Å². The van der Waals surface area contributed by atoms with Crippen LogP contribution in [0.3, 0.4) is 0 Å². The molecule has 1 aliphatic rings. The van der Waals surface area contributed by atoms with Crippen molar-refractivity contribution in [2.45, 2.75) is 39.0 Å². The lowest BCUT2D eigenvalue weighted by Gasteiger charge is -2.38. The van der Waals surface area contributed by atoms with Gasteiger partial charge in [-0.1, -0.05) is 25.5 Å². The predicted molar refractivity (Wildman–Crippen MR) is 48.0 cm³/mol. The molecule has 1 N–H and O–H groups in total. The molecule has 1 fully saturated rings. The van der Waals surface area contributed by atoms with Gasteiger partial charge in [-0.2, -0.15) is 0 Å². The maximum absolute atomic E-state index is 10.5. The Hall–Kier alpha value is -0.790. The lowest BCUT2D eigenvalue weighted by Crippen LogP contribution is -2.29. The van der Waals surface area contributed by atoms with Crippen molar-refractivity contribution in [1.82, 2.24) is 0 Å². The second-order valence-corrected chi connectivity index (χ2v) is 3.60. The van der Waals surface area contributed by atoms with Gasteiger partial charge in [-0.05, 0) is 24.7 Å². The van der Waals surface area contributed by atoms with Crippen LogP contribution in [0.2, 0.25) is 0 Å². The Morgan fingerprint density at radius 1 is 1.58 bits per heavy atom. The van der Waals surface area contributed by atoms with Crippen molar-refractivity contribution in [3.8, 4) is 0 Å². The van der Waals surface area contributed by atoms with Crippen LogP contribution in [0.15, 0.2) is 12.2 Å². The maximum Gasteiger partial charge on any atom is 0.304 e. The third-order valence-electron chi connectivity index (χ3n) is 2.56. The van der Waals surface area contributed by atoms with E-state index in [0.717, 1.165) is 19.3 Å². The van der Waals surface area contributed by atoms with Crippen molar-refractivity contribution in [1.29, 1.82) is 0 Å². The number of hydrogen-bond donors (Lipinski definition) is 1. The van der Waals surface area contributed by atoms with Gasteiger partial charge < -0.3 is 5.11 Å². The largest absolute Gasteiger partial charge is 0.481 e. The first-order chi connectivity index (χ1) is 5.68. The molecule has 68 valence electrons. The Morgan fingerprint density at radius 3 is 2.58 bits per heavy atom. The Bertz CT molecular complexity index is 190. The zero-order chi connectivity index (χ0) is 9.03. The summed E-state index contributed by atoms with van der Waals surface area (Å²) < 4.78 is 0. The van der Waals surface area contributed by atoms with Gasteiger partial charge in [0.25, 0.3) is 0 Å². The van der Waals surface area contributed by atoms with E-state index in [1.165, 1.54) is 6.42 Å². The monoisotopic (exact) mass is 168 g/mol. The van der Waals surface area contributed by atoms with Gasteiger partial charge in [0.1, 0.15) is 0 Å². The van der Waals surface area contributed by atoms with E-state index >= 15 is 0 Å². The topological polar surface area (TPSA) is 37.3 Å². The van der Waals surface area contributed by atoms with Gasteiger partial charge in [0.2, 0.25) is 0 Å². The molecule has 1 saturated carbocycles. The second-order valence-electron chi connectivity index (χ2n) is 3.60. The minimum absolute atomic E-state index is 0.0157. The Balaban J connectivity index is 2.50. The summed E-state index contributed by atoms with van der Waals surface area (Å²) in [4.78, 5) is 10.5. The first kappa shape index (κ1) is 9.30.